The van der Waals surface area contributed by atoms with Gasteiger partial charge in [0, 0.05) is 46.2 Å². The number of thiophene rings is 1. The van der Waals surface area contributed by atoms with Crippen molar-refractivity contribution in [1.82, 2.24) is 9.88 Å². The van der Waals surface area contributed by atoms with E-state index in [0.29, 0.717) is 18.8 Å². The number of rotatable bonds is 6. The van der Waals surface area contributed by atoms with Crippen LogP contribution >= 0.6 is 27.3 Å². The van der Waals surface area contributed by atoms with Crippen LogP contribution in [0.2, 0.25) is 0 Å². The molecular formula is C15H18BrN3OS. The second-order valence-electron chi connectivity index (χ2n) is 4.49. The molecule has 2 aromatic rings. The third-order valence-electron chi connectivity index (χ3n) is 3.12. The van der Waals surface area contributed by atoms with Crippen molar-refractivity contribution in [2.45, 2.75) is 20.4 Å². The van der Waals surface area contributed by atoms with Gasteiger partial charge in [-0.15, -0.1) is 11.3 Å². The lowest BCUT2D eigenvalue weighted by Crippen LogP contribution is -2.31. The van der Waals surface area contributed by atoms with Crippen LogP contribution in [0, 0.1) is 0 Å². The van der Waals surface area contributed by atoms with Crippen LogP contribution in [0.5, 0.6) is 0 Å². The van der Waals surface area contributed by atoms with Crippen LogP contribution in [-0.2, 0) is 6.54 Å². The average Bonchev–Trinajstić information content (AvgIpc) is 2.92. The van der Waals surface area contributed by atoms with Crippen LogP contribution in [0.15, 0.2) is 34.2 Å². The van der Waals surface area contributed by atoms with Gasteiger partial charge in [0.1, 0.15) is 5.69 Å². The minimum Gasteiger partial charge on any atom is -0.380 e. The predicted octanol–water partition coefficient (Wildman–Crippen LogP) is 4.00. The Morgan fingerprint density at radius 1 is 1.38 bits per heavy atom. The standard InChI is InChI=1S/C15H18BrN3OS/c1-3-19(4-2)15(20)14-8-12(5-6-17-14)18-9-13-7-11(16)10-21-13/h5-8,10H,3-4,9H2,1-2H3,(H,17,18). The lowest BCUT2D eigenvalue weighted by atomic mass is 10.2. The van der Waals surface area contributed by atoms with Gasteiger partial charge in [0.25, 0.3) is 5.91 Å². The zero-order chi connectivity index (χ0) is 15.2. The molecule has 0 radical (unpaired) electrons. The van der Waals surface area contributed by atoms with Crippen LogP contribution in [-0.4, -0.2) is 28.9 Å². The highest BCUT2D eigenvalue weighted by molar-refractivity contribution is 9.10. The van der Waals surface area contributed by atoms with E-state index in [4.69, 9.17) is 0 Å². The predicted molar refractivity (Wildman–Crippen MR) is 90.8 cm³/mol. The third-order valence-corrected chi connectivity index (χ3v) is 4.82. The number of carbonyl (C=O) groups excluding carboxylic acids is 1. The number of hydrogen-bond donors (Lipinski definition) is 1. The first-order valence-electron chi connectivity index (χ1n) is 6.86. The molecule has 2 heterocycles. The van der Waals surface area contributed by atoms with Crippen molar-refractivity contribution in [3.63, 3.8) is 0 Å². The molecule has 6 heteroatoms. The van der Waals surface area contributed by atoms with E-state index in [2.05, 4.69) is 37.7 Å². The zero-order valence-corrected chi connectivity index (χ0v) is 14.5. The largest absolute Gasteiger partial charge is 0.380 e. The monoisotopic (exact) mass is 367 g/mol. The van der Waals surface area contributed by atoms with Gasteiger partial charge in [0.15, 0.2) is 0 Å². The van der Waals surface area contributed by atoms with Crippen LogP contribution < -0.4 is 5.32 Å². The smallest absolute Gasteiger partial charge is 0.272 e. The molecule has 0 aliphatic carbocycles. The molecular weight excluding hydrogens is 350 g/mol. The van der Waals surface area contributed by atoms with E-state index >= 15 is 0 Å². The highest BCUT2D eigenvalue weighted by Gasteiger charge is 2.14. The van der Waals surface area contributed by atoms with Gasteiger partial charge in [-0.2, -0.15) is 0 Å². The molecule has 0 bridgehead atoms. The van der Waals surface area contributed by atoms with Crippen molar-refractivity contribution in [1.29, 1.82) is 0 Å². The highest BCUT2D eigenvalue weighted by atomic mass is 79.9. The number of aromatic nitrogens is 1. The lowest BCUT2D eigenvalue weighted by Gasteiger charge is -2.18. The van der Waals surface area contributed by atoms with Crippen molar-refractivity contribution in [3.05, 3.63) is 44.8 Å². The Morgan fingerprint density at radius 2 is 2.14 bits per heavy atom. The fraction of sp³-hybridized carbons (Fsp3) is 0.333. The number of anilines is 1. The van der Waals surface area contributed by atoms with E-state index in [0.717, 1.165) is 16.7 Å². The Labute approximate surface area is 137 Å². The maximum Gasteiger partial charge on any atom is 0.272 e. The van der Waals surface area contributed by atoms with Gasteiger partial charge >= 0.3 is 0 Å². The van der Waals surface area contributed by atoms with Crippen LogP contribution in [0.1, 0.15) is 29.2 Å². The first-order chi connectivity index (χ1) is 10.1. The van der Waals surface area contributed by atoms with Crippen molar-refractivity contribution in [2.75, 3.05) is 18.4 Å². The molecule has 2 rings (SSSR count). The Balaban J connectivity index is 2.05. The molecule has 0 aliphatic heterocycles. The van der Waals surface area contributed by atoms with E-state index in [-0.39, 0.29) is 5.91 Å². The van der Waals surface area contributed by atoms with E-state index in [9.17, 15) is 4.79 Å². The van der Waals surface area contributed by atoms with E-state index < -0.39 is 0 Å². The highest BCUT2D eigenvalue weighted by Crippen LogP contribution is 2.21. The number of nitrogens with zero attached hydrogens (tertiary/aromatic N) is 2. The Hall–Kier alpha value is -1.40. The molecule has 0 aromatic carbocycles. The summed E-state index contributed by atoms with van der Waals surface area (Å²) in [5, 5.41) is 5.38. The number of halogens is 1. The number of hydrogen-bond acceptors (Lipinski definition) is 4. The van der Waals surface area contributed by atoms with Gasteiger partial charge in [-0.1, -0.05) is 0 Å². The van der Waals surface area contributed by atoms with Crippen molar-refractivity contribution >= 4 is 38.9 Å². The maximum absolute atomic E-state index is 12.3. The van der Waals surface area contributed by atoms with Crippen molar-refractivity contribution in [2.24, 2.45) is 0 Å². The average molecular weight is 368 g/mol. The van der Waals surface area contributed by atoms with E-state index in [1.54, 1.807) is 22.4 Å². The number of amides is 1. The molecule has 0 unspecified atom stereocenters. The van der Waals surface area contributed by atoms with E-state index in [1.165, 1.54) is 4.88 Å². The summed E-state index contributed by atoms with van der Waals surface area (Å²) < 4.78 is 1.09. The molecule has 0 aliphatic rings. The van der Waals surface area contributed by atoms with Crippen LogP contribution in [0.3, 0.4) is 0 Å². The summed E-state index contributed by atoms with van der Waals surface area (Å²) in [6.07, 6.45) is 1.67. The minimum atomic E-state index is -0.0254. The minimum absolute atomic E-state index is 0.0254. The molecule has 1 amide bonds. The zero-order valence-electron chi connectivity index (χ0n) is 12.1. The molecule has 0 fully saturated rings. The summed E-state index contributed by atoms with van der Waals surface area (Å²) in [4.78, 5) is 19.4. The molecule has 112 valence electrons. The summed E-state index contributed by atoms with van der Waals surface area (Å²) in [5.41, 5.74) is 1.39. The normalized spacial score (nSPS) is 10.4. The van der Waals surface area contributed by atoms with Crippen molar-refractivity contribution < 1.29 is 4.79 Å². The number of pyridine rings is 1. The fourth-order valence-corrected chi connectivity index (χ4v) is 3.36. The SMILES string of the molecule is CCN(CC)C(=O)c1cc(NCc2cc(Br)cs2)ccn1. The summed E-state index contributed by atoms with van der Waals surface area (Å²) in [7, 11) is 0. The molecule has 0 saturated heterocycles. The molecule has 2 aromatic heterocycles. The van der Waals surface area contributed by atoms with Gasteiger partial charge in [-0.25, -0.2) is 0 Å². The quantitative estimate of drug-likeness (QED) is 0.838. The summed E-state index contributed by atoms with van der Waals surface area (Å²) in [5.74, 6) is -0.0254. The Bertz CT molecular complexity index is 610. The van der Waals surface area contributed by atoms with Gasteiger partial charge in [0.05, 0.1) is 0 Å². The van der Waals surface area contributed by atoms with Gasteiger partial charge in [-0.05, 0) is 48.0 Å². The molecule has 0 atom stereocenters. The summed E-state index contributed by atoms with van der Waals surface area (Å²) in [6, 6.07) is 5.77. The molecule has 21 heavy (non-hydrogen) atoms. The first kappa shape index (κ1) is 16.0. The Kier molecular flexibility index (Phi) is 5.76. The number of nitrogens with one attached hydrogen (secondary N) is 1. The van der Waals surface area contributed by atoms with Gasteiger partial charge in [-0.3, -0.25) is 9.78 Å². The second kappa shape index (κ2) is 7.56. The molecule has 0 saturated carbocycles. The molecule has 0 spiro atoms. The van der Waals surface area contributed by atoms with E-state index in [1.807, 2.05) is 26.0 Å². The van der Waals surface area contributed by atoms with Gasteiger partial charge < -0.3 is 10.2 Å². The topological polar surface area (TPSA) is 45.2 Å². The molecule has 4 nitrogen and oxygen atoms in total. The first-order valence-corrected chi connectivity index (χ1v) is 8.53. The van der Waals surface area contributed by atoms with Gasteiger partial charge in [0.2, 0.25) is 0 Å². The molecule has 1 N–H and O–H groups in total. The van der Waals surface area contributed by atoms with Crippen LogP contribution in [0.4, 0.5) is 5.69 Å². The third kappa shape index (κ3) is 4.28. The summed E-state index contributed by atoms with van der Waals surface area (Å²) in [6.45, 7) is 6.06. The number of carbonyl (C=O) groups is 1. The maximum atomic E-state index is 12.3. The van der Waals surface area contributed by atoms with Crippen molar-refractivity contribution in [3.8, 4) is 0 Å². The van der Waals surface area contributed by atoms with Crippen LogP contribution in [0.25, 0.3) is 0 Å². The fourth-order valence-electron chi connectivity index (χ4n) is 1.97. The second-order valence-corrected chi connectivity index (χ2v) is 6.40. The summed E-state index contributed by atoms with van der Waals surface area (Å²) >= 11 is 5.13. The Morgan fingerprint density at radius 3 is 2.76 bits per heavy atom. The lowest BCUT2D eigenvalue weighted by molar-refractivity contribution is 0.0767.